The van der Waals surface area contributed by atoms with Crippen molar-refractivity contribution >= 4 is 34.1 Å². The molecule has 4 N–H and O–H groups in total. The highest BCUT2D eigenvalue weighted by Gasteiger charge is 2.35. The third-order valence-electron chi connectivity index (χ3n) is 4.49. The van der Waals surface area contributed by atoms with Gasteiger partial charge in [0, 0.05) is 4.88 Å². The van der Waals surface area contributed by atoms with Crippen molar-refractivity contribution < 1.29 is 19.5 Å². The molecule has 7 heteroatoms. The first kappa shape index (κ1) is 15.7. The molecule has 0 saturated heterocycles. The maximum atomic E-state index is 12.5. The van der Waals surface area contributed by atoms with Crippen LogP contribution in [0.15, 0.2) is 12.2 Å². The zero-order valence-corrected chi connectivity index (χ0v) is 13.3. The quantitative estimate of drug-likeness (QED) is 0.731. The summed E-state index contributed by atoms with van der Waals surface area (Å²) in [6.07, 6.45) is 7.02. The molecule has 1 aromatic heterocycles. The zero-order valence-electron chi connectivity index (χ0n) is 12.5. The first-order valence-corrected chi connectivity index (χ1v) is 8.43. The van der Waals surface area contributed by atoms with Gasteiger partial charge in [0.05, 0.1) is 17.4 Å². The van der Waals surface area contributed by atoms with Gasteiger partial charge in [-0.1, -0.05) is 12.2 Å². The van der Waals surface area contributed by atoms with Gasteiger partial charge >= 0.3 is 5.97 Å². The molecular weight excluding hydrogens is 316 g/mol. The molecule has 0 aromatic carbocycles. The summed E-state index contributed by atoms with van der Waals surface area (Å²) in [6.45, 7) is 0. The fourth-order valence-corrected chi connectivity index (χ4v) is 4.63. The minimum Gasteiger partial charge on any atom is -0.481 e. The van der Waals surface area contributed by atoms with Gasteiger partial charge in [0.1, 0.15) is 5.00 Å². The second-order valence-corrected chi connectivity index (χ2v) is 7.01. The molecular formula is C16H18N2O4S. The van der Waals surface area contributed by atoms with E-state index in [0.29, 0.717) is 23.4 Å². The normalized spacial score (nSPS) is 22.6. The maximum absolute atomic E-state index is 12.5. The molecule has 2 amide bonds. The summed E-state index contributed by atoms with van der Waals surface area (Å²) in [5.74, 6) is -3.24. The number of carbonyl (C=O) groups excluding carboxylic acids is 2. The molecule has 0 unspecified atom stereocenters. The van der Waals surface area contributed by atoms with Crippen LogP contribution in [0.1, 0.15) is 40.1 Å². The molecule has 0 bridgehead atoms. The number of amides is 2. The number of rotatable bonds is 4. The largest absolute Gasteiger partial charge is 0.481 e. The molecule has 0 saturated carbocycles. The van der Waals surface area contributed by atoms with Gasteiger partial charge in [-0.05, 0) is 37.7 Å². The Hall–Kier alpha value is -2.15. The van der Waals surface area contributed by atoms with Gasteiger partial charge in [-0.3, -0.25) is 14.4 Å². The second kappa shape index (κ2) is 6.16. The minimum atomic E-state index is -0.974. The molecule has 0 aliphatic heterocycles. The van der Waals surface area contributed by atoms with E-state index in [0.717, 1.165) is 29.7 Å². The van der Waals surface area contributed by atoms with Crippen molar-refractivity contribution in [2.45, 2.75) is 32.1 Å². The van der Waals surface area contributed by atoms with Crippen molar-refractivity contribution in [1.82, 2.24) is 0 Å². The molecule has 1 heterocycles. The molecule has 122 valence electrons. The van der Waals surface area contributed by atoms with E-state index in [1.165, 1.54) is 11.3 Å². The van der Waals surface area contributed by atoms with Crippen molar-refractivity contribution in [3.63, 3.8) is 0 Å². The van der Waals surface area contributed by atoms with Crippen LogP contribution in [0.2, 0.25) is 0 Å². The number of nitrogens with two attached hydrogens (primary N) is 1. The van der Waals surface area contributed by atoms with Gasteiger partial charge in [-0.2, -0.15) is 0 Å². The molecule has 2 aliphatic rings. The third-order valence-corrected chi connectivity index (χ3v) is 5.70. The van der Waals surface area contributed by atoms with E-state index in [9.17, 15) is 19.5 Å². The summed E-state index contributed by atoms with van der Waals surface area (Å²) >= 11 is 1.38. The number of hydrogen-bond acceptors (Lipinski definition) is 4. The van der Waals surface area contributed by atoms with Crippen LogP contribution in [0, 0.1) is 11.8 Å². The Morgan fingerprint density at radius 1 is 1.17 bits per heavy atom. The number of nitrogens with one attached hydrogen (secondary N) is 1. The minimum absolute atomic E-state index is 0.344. The summed E-state index contributed by atoms with van der Waals surface area (Å²) in [6, 6.07) is 0. The number of fused-ring (bicyclic) bond motifs is 1. The average Bonchev–Trinajstić information content (AvgIpc) is 3.06. The summed E-state index contributed by atoms with van der Waals surface area (Å²) in [5, 5.41) is 12.5. The van der Waals surface area contributed by atoms with Crippen LogP contribution in [-0.4, -0.2) is 22.9 Å². The van der Waals surface area contributed by atoms with E-state index < -0.39 is 23.7 Å². The van der Waals surface area contributed by atoms with E-state index in [-0.39, 0.29) is 5.91 Å². The number of carbonyl (C=O) groups is 3. The van der Waals surface area contributed by atoms with Gasteiger partial charge in [-0.25, -0.2) is 0 Å². The molecule has 3 rings (SSSR count). The summed E-state index contributed by atoms with van der Waals surface area (Å²) in [7, 11) is 0. The van der Waals surface area contributed by atoms with Crippen molar-refractivity contribution in [3.8, 4) is 0 Å². The number of anilines is 1. The highest BCUT2D eigenvalue weighted by Crippen LogP contribution is 2.39. The SMILES string of the molecule is NC(=O)c1c(NC(=O)[C@@H]2CC=CC[C@@H]2C(=O)O)sc2c1CCC2. The van der Waals surface area contributed by atoms with Crippen molar-refractivity contribution in [3.05, 3.63) is 28.2 Å². The first-order valence-electron chi connectivity index (χ1n) is 7.62. The maximum Gasteiger partial charge on any atom is 0.307 e. The lowest BCUT2D eigenvalue weighted by Crippen LogP contribution is -2.35. The lowest BCUT2D eigenvalue weighted by Gasteiger charge is -2.24. The topological polar surface area (TPSA) is 109 Å². The summed E-state index contributed by atoms with van der Waals surface area (Å²) < 4.78 is 0. The summed E-state index contributed by atoms with van der Waals surface area (Å²) in [4.78, 5) is 36.7. The van der Waals surface area contributed by atoms with E-state index in [2.05, 4.69) is 5.32 Å². The first-order chi connectivity index (χ1) is 11.0. The number of primary amides is 1. The van der Waals surface area contributed by atoms with Gasteiger partial charge in [0.2, 0.25) is 5.91 Å². The molecule has 0 fully saturated rings. The molecule has 0 radical (unpaired) electrons. The Balaban J connectivity index is 1.84. The fourth-order valence-electron chi connectivity index (χ4n) is 3.33. The van der Waals surface area contributed by atoms with E-state index in [1.807, 2.05) is 6.08 Å². The molecule has 23 heavy (non-hydrogen) atoms. The average molecular weight is 334 g/mol. The smallest absolute Gasteiger partial charge is 0.307 e. The van der Waals surface area contributed by atoms with Crippen LogP contribution >= 0.6 is 11.3 Å². The zero-order chi connectivity index (χ0) is 16.6. The Kier molecular flexibility index (Phi) is 4.21. The van der Waals surface area contributed by atoms with Crippen LogP contribution in [0.4, 0.5) is 5.00 Å². The van der Waals surface area contributed by atoms with Crippen LogP contribution in [0.25, 0.3) is 0 Å². The van der Waals surface area contributed by atoms with Crippen LogP contribution in [0.5, 0.6) is 0 Å². The monoisotopic (exact) mass is 334 g/mol. The highest BCUT2D eigenvalue weighted by atomic mass is 32.1. The molecule has 0 spiro atoms. The Morgan fingerprint density at radius 2 is 1.87 bits per heavy atom. The fraction of sp³-hybridized carbons (Fsp3) is 0.438. The predicted octanol–water partition coefficient (Wildman–Crippen LogP) is 1.94. The predicted molar refractivity (Wildman–Crippen MR) is 86.5 cm³/mol. The lowest BCUT2D eigenvalue weighted by atomic mass is 9.82. The van der Waals surface area contributed by atoms with Gasteiger partial charge in [0.15, 0.2) is 0 Å². The number of aryl methyl sites for hydroxylation is 1. The summed E-state index contributed by atoms with van der Waals surface area (Å²) in [5.41, 5.74) is 6.81. The standard InChI is InChI=1S/C16H18N2O4S/c17-13(19)12-10-6-3-7-11(10)23-15(12)18-14(20)8-4-1-2-5-9(8)16(21)22/h1-2,8-9H,3-7H2,(H2,17,19)(H,18,20)(H,21,22)/t8-,9+/m1/s1. The van der Waals surface area contributed by atoms with Gasteiger partial charge in [-0.15, -0.1) is 11.3 Å². The third kappa shape index (κ3) is 2.88. The second-order valence-electron chi connectivity index (χ2n) is 5.91. The van der Waals surface area contributed by atoms with Crippen molar-refractivity contribution in [2.24, 2.45) is 17.6 Å². The van der Waals surface area contributed by atoms with Crippen molar-refractivity contribution in [1.29, 1.82) is 0 Å². The van der Waals surface area contributed by atoms with Crippen LogP contribution in [0.3, 0.4) is 0 Å². The number of thiophene rings is 1. The van der Waals surface area contributed by atoms with E-state index in [4.69, 9.17) is 5.73 Å². The Morgan fingerprint density at radius 3 is 2.52 bits per heavy atom. The van der Waals surface area contributed by atoms with Crippen molar-refractivity contribution in [2.75, 3.05) is 5.32 Å². The molecule has 2 atom stereocenters. The van der Waals surface area contributed by atoms with Gasteiger partial charge < -0.3 is 16.2 Å². The lowest BCUT2D eigenvalue weighted by molar-refractivity contribution is -0.146. The number of carboxylic acids is 1. The van der Waals surface area contributed by atoms with Crippen LogP contribution < -0.4 is 11.1 Å². The molecule has 1 aromatic rings. The molecule has 6 nitrogen and oxygen atoms in total. The van der Waals surface area contributed by atoms with E-state index >= 15 is 0 Å². The number of carboxylic acid groups (broad SMARTS) is 1. The number of allylic oxidation sites excluding steroid dienone is 2. The van der Waals surface area contributed by atoms with E-state index in [1.54, 1.807) is 6.08 Å². The Labute approximate surface area is 137 Å². The van der Waals surface area contributed by atoms with Crippen LogP contribution in [-0.2, 0) is 22.4 Å². The Bertz CT molecular complexity index is 707. The molecule has 2 aliphatic carbocycles. The number of aliphatic carboxylic acids is 1. The van der Waals surface area contributed by atoms with Gasteiger partial charge in [0.25, 0.3) is 5.91 Å². The highest BCUT2D eigenvalue weighted by molar-refractivity contribution is 7.17. The number of hydrogen-bond donors (Lipinski definition) is 3.